The Hall–Kier alpha value is -1.02. The molecule has 0 fully saturated rings. The standard InChI is InChI=1S/C14H14BrN3OS2/c1-2-17(9-11-3-4-12(15)21-11)8-10-7-13(19)18-5-6-20-14(18)16-10/h3-7H,2,8-9H2,1H3. The number of hydrogen-bond acceptors (Lipinski definition) is 5. The summed E-state index contributed by atoms with van der Waals surface area (Å²) in [5.74, 6) is 0. The van der Waals surface area contributed by atoms with Crippen LogP contribution in [0.4, 0.5) is 0 Å². The van der Waals surface area contributed by atoms with Crippen molar-refractivity contribution in [3.8, 4) is 0 Å². The number of hydrogen-bond donors (Lipinski definition) is 0. The van der Waals surface area contributed by atoms with E-state index in [1.807, 2.05) is 5.38 Å². The second-order valence-corrected chi connectivity index (χ2v) is 8.07. The Morgan fingerprint density at radius 2 is 2.24 bits per heavy atom. The van der Waals surface area contributed by atoms with Crippen molar-refractivity contribution >= 4 is 43.6 Å². The topological polar surface area (TPSA) is 37.6 Å². The number of aromatic nitrogens is 2. The minimum absolute atomic E-state index is 0.00817. The Balaban J connectivity index is 1.80. The monoisotopic (exact) mass is 383 g/mol. The van der Waals surface area contributed by atoms with Gasteiger partial charge in [-0.05, 0) is 34.6 Å². The summed E-state index contributed by atoms with van der Waals surface area (Å²) in [4.78, 5) is 20.9. The van der Waals surface area contributed by atoms with Crippen molar-refractivity contribution in [2.75, 3.05) is 6.54 Å². The smallest absolute Gasteiger partial charge is 0.258 e. The Morgan fingerprint density at radius 1 is 1.38 bits per heavy atom. The molecule has 0 aliphatic heterocycles. The number of rotatable bonds is 5. The molecule has 0 bridgehead atoms. The number of nitrogens with zero attached hydrogens (tertiary/aromatic N) is 3. The van der Waals surface area contributed by atoms with Gasteiger partial charge in [0.2, 0.25) is 0 Å². The van der Waals surface area contributed by atoms with Crippen molar-refractivity contribution in [1.82, 2.24) is 14.3 Å². The van der Waals surface area contributed by atoms with E-state index in [2.05, 4.69) is 44.9 Å². The zero-order valence-corrected chi connectivity index (χ0v) is 14.7. The van der Waals surface area contributed by atoms with Gasteiger partial charge in [-0.25, -0.2) is 4.98 Å². The molecule has 0 saturated heterocycles. The van der Waals surface area contributed by atoms with Crippen LogP contribution in [-0.2, 0) is 13.1 Å². The zero-order valence-electron chi connectivity index (χ0n) is 11.5. The summed E-state index contributed by atoms with van der Waals surface area (Å²) in [6.45, 7) is 4.61. The molecule has 0 aliphatic carbocycles. The molecule has 0 spiro atoms. The summed E-state index contributed by atoms with van der Waals surface area (Å²) in [6.07, 6.45) is 1.76. The Kier molecular flexibility index (Phi) is 4.54. The maximum Gasteiger partial charge on any atom is 0.258 e. The van der Waals surface area contributed by atoms with Gasteiger partial charge in [0.15, 0.2) is 4.96 Å². The van der Waals surface area contributed by atoms with E-state index in [0.29, 0.717) is 6.54 Å². The minimum Gasteiger partial charge on any atom is -0.293 e. The van der Waals surface area contributed by atoms with Gasteiger partial charge in [-0.3, -0.25) is 14.1 Å². The third kappa shape index (κ3) is 3.42. The first-order valence-electron chi connectivity index (χ1n) is 6.58. The first kappa shape index (κ1) is 14.9. The molecular formula is C14H14BrN3OS2. The molecule has 0 aromatic carbocycles. The van der Waals surface area contributed by atoms with Gasteiger partial charge in [0, 0.05) is 35.6 Å². The van der Waals surface area contributed by atoms with Crippen LogP contribution >= 0.6 is 38.6 Å². The fourth-order valence-corrected chi connectivity index (χ4v) is 4.40. The predicted molar refractivity (Wildman–Crippen MR) is 91.1 cm³/mol. The van der Waals surface area contributed by atoms with Gasteiger partial charge >= 0.3 is 0 Å². The molecule has 7 heteroatoms. The van der Waals surface area contributed by atoms with Gasteiger partial charge in [0.05, 0.1) is 9.48 Å². The summed E-state index contributed by atoms with van der Waals surface area (Å²) in [5, 5.41) is 1.88. The third-order valence-corrected chi connectivity index (χ3v) is 5.56. The highest BCUT2D eigenvalue weighted by Crippen LogP contribution is 2.23. The highest BCUT2D eigenvalue weighted by molar-refractivity contribution is 9.11. The lowest BCUT2D eigenvalue weighted by Gasteiger charge is -2.18. The first-order chi connectivity index (χ1) is 10.2. The number of fused-ring (bicyclic) bond motifs is 1. The molecule has 0 radical (unpaired) electrons. The van der Waals surface area contributed by atoms with Crippen LogP contribution in [0, 0.1) is 0 Å². The average molecular weight is 384 g/mol. The molecule has 3 rings (SSSR count). The maximum absolute atomic E-state index is 12.0. The summed E-state index contributed by atoms with van der Waals surface area (Å²) in [7, 11) is 0. The Morgan fingerprint density at radius 3 is 2.95 bits per heavy atom. The zero-order chi connectivity index (χ0) is 14.8. The molecule has 0 N–H and O–H groups in total. The Labute approximate surface area is 138 Å². The van der Waals surface area contributed by atoms with Crippen LogP contribution in [0.3, 0.4) is 0 Å². The van der Waals surface area contributed by atoms with Crippen molar-refractivity contribution < 1.29 is 0 Å². The van der Waals surface area contributed by atoms with Crippen molar-refractivity contribution in [1.29, 1.82) is 0 Å². The summed E-state index contributed by atoms with van der Waals surface area (Å²) in [6, 6.07) is 5.82. The summed E-state index contributed by atoms with van der Waals surface area (Å²) >= 11 is 6.71. The van der Waals surface area contributed by atoms with Crippen LogP contribution in [0.5, 0.6) is 0 Å². The number of thiazole rings is 1. The molecule has 0 unspecified atom stereocenters. The fourth-order valence-electron chi connectivity index (χ4n) is 2.13. The van der Waals surface area contributed by atoms with E-state index in [1.54, 1.807) is 28.0 Å². The molecule has 0 atom stereocenters. The summed E-state index contributed by atoms with van der Waals surface area (Å²) < 4.78 is 2.73. The lowest BCUT2D eigenvalue weighted by Crippen LogP contribution is -2.24. The van der Waals surface area contributed by atoms with Crippen molar-refractivity contribution in [3.63, 3.8) is 0 Å². The van der Waals surface area contributed by atoms with Crippen LogP contribution in [-0.4, -0.2) is 20.8 Å². The van der Waals surface area contributed by atoms with E-state index in [-0.39, 0.29) is 5.56 Å². The van der Waals surface area contributed by atoms with E-state index >= 15 is 0 Å². The molecule has 4 nitrogen and oxygen atoms in total. The third-order valence-electron chi connectivity index (χ3n) is 3.20. The van der Waals surface area contributed by atoms with Crippen LogP contribution in [0.2, 0.25) is 0 Å². The Bertz CT molecular complexity index is 808. The lowest BCUT2D eigenvalue weighted by atomic mass is 10.3. The van der Waals surface area contributed by atoms with Gasteiger partial charge in [-0.1, -0.05) is 6.92 Å². The van der Waals surface area contributed by atoms with Crippen molar-refractivity contribution in [2.24, 2.45) is 0 Å². The summed E-state index contributed by atoms with van der Waals surface area (Å²) in [5.41, 5.74) is 0.825. The van der Waals surface area contributed by atoms with E-state index in [1.165, 1.54) is 16.2 Å². The van der Waals surface area contributed by atoms with Gasteiger partial charge in [0.25, 0.3) is 5.56 Å². The number of halogens is 1. The van der Waals surface area contributed by atoms with Crippen LogP contribution < -0.4 is 5.56 Å². The average Bonchev–Trinajstić information content (AvgIpc) is 3.07. The second kappa shape index (κ2) is 6.39. The van der Waals surface area contributed by atoms with E-state index in [4.69, 9.17) is 0 Å². The first-order valence-corrected chi connectivity index (χ1v) is 9.07. The van der Waals surface area contributed by atoms with Gasteiger partial charge < -0.3 is 0 Å². The SMILES string of the molecule is CCN(Cc1cc(=O)n2ccsc2n1)Cc1ccc(Br)s1. The molecule has 0 aliphatic rings. The highest BCUT2D eigenvalue weighted by atomic mass is 79.9. The molecule has 3 aromatic heterocycles. The van der Waals surface area contributed by atoms with Gasteiger partial charge in [0.1, 0.15) is 0 Å². The van der Waals surface area contributed by atoms with Crippen molar-refractivity contribution in [2.45, 2.75) is 20.0 Å². The molecule has 0 saturated carbocycles. The van der Waals surface area contributed by atoms with Gasteiger partial charge in [-0.15, -0.1) is 22.7 Å². The van der Waals surface area contributed by atoms with Crippen molar-refractivity contribution in [3.05, 3.63) is 54.5 Å². The van der Waals surface area contributed by atoms with Crippen LogP contribution in [0.25, 0.3) is 4.96 Å². The molecule has 110 valence electrons. The lowest BCUT2D eigenvalue weighted by molar-refractivity contribution is 0.270. The largest absolute Gasteiger partial charge is 0.293 e. The molecule has 3 heterocycles. The predicted octanol–water partition coefficient (Wildman–Crippen LogP) is 3.60. The van der Waals surface area contributed by atoms with Crippen LogP contribution in [0.1, 0.15) is 17.5 Å². The quantitative estimate of drug-likeness (QED) is 0.675. The normalized spacial score (nSPS) is 11.6. The molecule has 21 heavy (non-hydrogen) atoms. The minimum atomic E-state index is -0.00817. The number of thiophene rings is 1. The van der Waals surface area contributed by atoms with E-state index in [0.717, 1.165) is 27.5 Å². The molecule has 3 aromatic rings. The fraction of sp³-hybridized carbons (Fsp3) is 0.286. The van der Waals surface area contributed by atoms with Gasteiger partial charge in [-0.2, -0.15) is 0 Å². The van der Waals surface area contributed by atoms with Crippen LogP contribution in [0.15, 0.2) is 38.4 Å². The molecule has 0 amide bonds. The maximum atomic E-state index is 12.0. The van der Waals surface area contributed by atoms with E-state index in [9.17, 15) is 4.79 Å². The van der Waals surface area contributed by atoms with E-state index < -0.39 is 0 Å². The second-order valence-electron chi connectivity index (χ2n) is 4.65. The highest BCUT2D eigenvalue weighted by Gasteiger charge is 2.10. The molecular weight excluding hydrogens is 370 g/mol.